The van der Waals surface area contributed by atoms with E-state index in [-0.39, 0.29) is 16.4 Å². The van der Waals surface area contributed by atoms with E-state index in [2.05, 4.69) is 44.2 Å². The predicted molar refractivity (Wildman–Crippen MR) is 117 cm³/mol. The van der Waals surface area contributed by atoms with Crippen molar-refractivity contribution in [3.8, 4) is 11.4 Å². The largest absolute Gasteiger partial charge is 0.478 e. The van der Waals surface area contributed by atoms with E-state index in [1.54, 1.807) is 30.5 Å². The van der Waals surface area contributed by atoms with Gasteiger partial charge in [0.25, 0.3) is 0 Å². The fourth-order valence-electron chi connectivity index (χ4n) is 3.80. The molecule has 5 heteroatoms. The van der Waals surface area contributed by atoms with Crippen LogP contribution < -0.4 is 0 Å². The Hall–Kier alpha value is -2.95. The first kappa shape index (κ1) is 20.8. The molecule has 1 heterocycles. The van der Waals surface area contributed by atoms with Crippen LogP contribution in [0, 0.1) is 10.8 Å². The Morgan fingerprint density at radius 2 is 1.79 bits per heavy atom. The van der Waals surface area contributed by atoms with Crippen LogP contribution in [0.25, 0.3) is 11.4 Å². The summed E-state index contributed by atoms with van der Waals surface area (Å²) >= 11 is 0. The zero-order valence-electron chi connectivity index (χ0n) is 17.8. The van der Waals surface area contributed by atoms with Crippen LogP contribution in [0.1, 0.15) is 63.5 Å². The van der Waals surface area contributed by atoms with Gasteiger partial charge in [-0.3, -0.25) is 4.99 Å². The average molecular weight is 392 g/mol. The minimum atomic E-state index is -0.941. The van der Waals surface area contributed by atoms with Crippen LogP contribution in [0.5, 0.6) is 0 Å². The molecule has 2 aromatic rings. The van der Waals surface area contributed by atoms with E-state index in [0.717, 1.165) is 35.5 Å². The van der Waals surface area contributed by atoms with E-state index in [1.807, 2.05) is 13.0 Å². The number of aromatic nitrogens is 2. The number of nitrogens with one attached hydrogen (secondary N) is 1. The van der Waals surface area contributed by atoms with Gasteiger partial charge in [0.2, 0.25) is 0 Å². The molecule has 1 aromatic heterocycles. The van der Waals surface area contributed by atoms with Crippen LogP contribution in [-0.4, -0.2) is 26.8 Å². The van der Waals surface area contributed by atoms with Crippen molar-refractivity contribution in [3.63, 3.8) is 0 Å². The summed E-state index contributed by atoms with van der Waals surface area (Å²) in [5.41, 5.74) is 5.13. The molecule has 1 aliphatic rings. The highest BCUT2D eigenvalue weighted by atomic mass is 16.4. The molecule has 0 saturated heterocycles. The number of carboxylic acids is 1. The number of H-pyrrole nitrogens is 1. The fraction of sp³-hybridized carbons (Fsp3) is 0.375. The molecule has 0 saturated carbocycles. The van der Waals surface area contributed by atoms with E-state index < -0.39 is 5.97 Å². The van der Waals surface area contributed by atoms with E-state index >= 15 is 0 Å². The van der Waals surface area contributed by atoms with Crippen molar-refractivity contribution in [2.45, 2.75) is 47.5 Å². The Morgan fingerprint density at radius 3 is 2.38 bits per heavy atom. The second-order valence-electron chi connectivity index (χ2n) is 8.96. The van der Waals surface area contributed by atoms with Crippen molar-refractivity contribution in [3.05, 3.63) is 65.6 Å². The van der Waals surface area contributed by atoms with Crippen molar-refractivity contribution < 1.29 is 9.90 Å². The van der Waals surface area contributed by atoms with Crippen LogP contribution >= 0.6 is 0 Å². The molecule has 0 spiro atoms. The van der Waals surface area contributed by atoms with Crippen molar-refractivity contribution in [1.29, 1.82) is 0 Å². The molecular formula is C24H29N3O2. The second kappa shape index (κ2) is 7.47. The van der Waals surface area contributed by atoms with Gasteiger partial charge in [-0.15, -0.1) is 0 Å². The molecule has 0 amide bonds. The normalized spacial score (nSPS) is 18.6. The smallest absolute Gasteiger partial charge is 0.335 e. The number of aliphatic imine (C=N–C) groups is 1. The minimum Gasteiger partial charge on any atom is -0.478 e. The molecule has 152 valence electrons. The number of benzene rings is 1. The van der Waals surface area contributed by atoms with Crippen molar-refractivity contribution in [1.82, 2.24) is 9.97 Å². The first-order valence-electron chi connectivity index (χ1n) is 9.87. The Morgan fingerprint density at radius 1 is 1.17 bits per heavy atom. The summed E-state index contributed by atoms with van der Waals surface area (Å²) in [4.78, 5) is 23.8. The maximum absolute atomic E-state index is 11.0. The number of imidazole rings is 1. The highest BCUT2D eigenvalue weighted by Gasteiger charge is 2.38. The number of aromatic carboxylic acids is 1. The minimum absolute atomic E-state index is 0.0180. The van der Waals surface area contributed by atoms with Gasteiger partial charge < -0.3 is 10.1 Å². The molecule has 29 heavy (non-hydrogen) atoms. The molecule has 0 fully saturated rings. The van der Waals surface area contributed by atoms with Crippen molar-refractivity contribution >= 4 is 11.7 Å². The SMILES string of the molecule is C=CC1=C(N=C(C)c2cnc(-c3ccc(C(=O)O)cc3)[nH]2)C(C)(C)CCC1(C)C. The number of nitrogens with zero attached hydrogens (tertiary/aromatic N) is 2. The molecule has 0 bridgehead atoms. The molecule has 0 unspecified atom stereocenters. The van der Waals surface area contributed by atoms with Gasteiger partial charge in [0.1, 0.15) is 5.82 Å². The van der Waals surface area contributed by atoms with Crippen LogP contribution in [0.2, 0.25) is 0 Å². The van der Waals surface area contributed by atoms with Gasteiger partial charge in [0, 0.05) is 11.0 Å². The number of aromatic amines is 1. The summed E-state index contributed by atoms with van der Waals surface area (Å²) < 4.78 is 0. The van der Waals surface area contributed by atoms with Gasteiger partial charge in [0.15, 0.2) is 0 Å². The number of rotatable bonds is 5. The molecule has 3 rings (SSSR count). The predicted octanol–water partition coefficient (Wildman–Crippen LogP) is 5.87. The third-order valence-electron chi connectivity index (χ3n) is 5.85. The summed E-state index contributed by atoms with van der Waals surface area (Å²) in [5, 5.41) is 9.05. The number of carbonyl (C=O) groups is 1. The van der Waals surface area contributed by atoms with E-state index in [1.165, 1.54) is 5.57 Å². The summed E-state index contributed by atoms with van der Waals surface area (Å²) in [6.07, 6.45) is 5.91. The summed E-state index contributed by atoms with van der Waals surface area (Å²) in [7, 11) is 0. The molecule has 0 atom stereocenters. The first-order valence-corrected chi connectivity index (χ1v) is 9.87. The molecule has 5 nitrogen and oxygen atoms in total. The Kier molecular flexibility index (Phi) is 5.35. The number of carboxylic acid groups (broad SMARTS) is 1. The lowest BCUT2D eigenvalue weighted by molar-refractivity contribution is 0.0697. The first-order chi connectivity index (χ1) is 13.5. The van der Waals surface area contributed by atoms with Gasteiger partial charge in [0.05, 0.1) is 28.9 Å². The maximum atomic E-state index is 11.0. The standard InChI is InChI=1S/C24H29N3O2/c1-7-18-20(24(5,6)13-12-23(18,3)4)26-15(2)19-14-25-21(27-19)16-8-10-17(11-9-16)22(28)29/h7-11,14H,1,12-13H2,2-6H3,(H,25,27)(H,28,29). The average Bonchev–Trinajstić information content (AvgIpc) is 3.15. The van der Waals surface area contributed by atoms with Crippen LogP contribution in [0.3, 0.4) is 0 Å². The monoisotopic (exact) mass is 391 g/mol. The third-order valence-corrected chi connectivity index (χ3v) is 5.85. The van der Waals surface area contributed by atoms with Crippen molar-refractivity contribution in [2.75, 3.05) is 0 Å². The van der Waals surface area contributed by atoms with Crippen LogP contribution in [0.15, 0.2) is 59.4 Å². The third kappa shape index (κ3) is 4.09. The summed E-state index contributed by atoms with van der Waals surface area (Å²) in [6.45, 7) is 15.0. The van der Waals surface area contributed by atoms with Gasteiger partial charge in [-0.25, -0.2) is 9.78 Å². The summed E-state index contributed by atoms with van der Waals surface area (Å²) in [5.74, 6) is -0.253. The van der Waals surface area contributed by atoms with E-state index in [0.29, 0.717) is 5.82 Å². The lowest BCUT2D eigenvalue weighted by Crippen LogP contribution is -2.30. The quantitative estimate of drug-likeness (QED) is 0.626. The Labute approximate surface area is 172 Å². The fourth-order valence-corrected chi connectivity index (χ4v) is 3.80. The molecular weight excluding hydrogens is 362 g/mol. The lowest BCUT2D eigenvalue weighted by atomic mass is 9.65. The van der Waals surface area contributed by atoms with E-state index in [4.69, 9.17) is 10.1 Å². The van der Waals surface area contributed by atoms with E-state index in [9.17, 15) is 4.79 Å². The second-order valence-corrected chi connectivity index (χ2v) is 8.96. The molecule has 0 aliphatic heterocycles. The zero-order valence-corrected chi connectivity index (χ0v) is 17.8. The van der Waals surface area contributed by atoms with Crippen molar-refractivity contribution in [2.24, 2.45) is 15.8 Å². The highest BCUT2D eigenvalue weighted by molar-refractivity contribution is 5.98. The number of hydrogen-bond donors (Lipinski definition) is 2. The lowest BCUT2D eigenvalue weighted by Gasteiger charge is -2.41. The Bertz CT molecular complexity index is 1010. The number of allylic oxidation sites excluding steroid dienone is 3. The maximum Gasteiger partial charge on any atom is 0.335 e. The van der Waals surface area contributed by atoms with Gasteiger partial charge in [-0.05, 0) is 42.9 Å². The van der Waals surface area contributed by atoms with Gasteiger partial charge >= 0.3 is 5.97 Å². The highest BCUT2D eigenvalue weighted by Crippen LogP contribution is 2.49. The topological polar surface area (TPSA) is 78.3 Å². The summed E-state index contributed by atoms with van der Waals surface area (Å²) in [6, 6.07) is 6.66. The molecule has 1 aliphatic carbocycles. The number of hydrogen-bond acceptors (Lipinski definition) is 3. The van der Waals surface area contributed by atoms with Gasteiger partial charge in [-0.2, -0.15) is 0 Å². The molecule has 2 N–H and O–H groups in total. The molecule has 0 radical (unpaired) electrons. The van der Waals surface area contributed by atoms with Crippen LogP contribution in [0.4, 0.5) is 0 Å². The van der Waals surface area contributed by atoms with Crippen LogP contribution in [-0.2, 0) is 0 Å². The molecule has 1 aromatic carbocycles. The Balaban J connectivity index is 1.97. The zero-order chi connectivity index (χ0) is 21.4. The van der Waals surface area contributed by atoms with Gasteiger partial charge in [-0.1, -0.05) is 52.5 Å².